The second-order valence-electron chi connectivity index (χ2n) is 6.15. The van der Waals surface area contributed by atoms with E-state index < -0.39 is 0 Å². The van der Waals surface area contributed by atoms with Crippen LogP contribution in [-0.4, -0.2) is 19.2 Å². The van der Waals surface area contributed by atoms with E-state index >= 15 is 0 Å². The summed E-state index contributed by atoms with van der Waals surface area (Å²) in [5.41, 5.74) is 0. The van der Waals surface area contributed by atoms with Gasteiger partial charge in [0.2, 0.25) is 0 Å². The van der Waals surface area contributed by atoms with Gasteiger partial charge in [-0.1, -0.05) is 43.6 Å². The van der Waals surface area contributed by atoms with Gasteiger partial charge in [0.15, 0.2) is 0 Å². The van der Waals surface area contributed by atoms with Crippen molar-refractivity contribution in [3.63, 3.8) is 0 Å². The molecule has 0 aromatic heterocycles. The largest absolute Gasteiger partial charge is 0.494 e. The second-order valence-corrected chi connectivity index (χ2v) is 7.07. The lowest BCUT2D eigenvalue weighted by molar-refractivity contribution is 0.254. The van der Waals surface area contributed by atoms with Gasteiger partial charge in [-0.15, -0.1) is 0 Å². The molecule has 114 valence electrons. The average Bonchev–Trinajstić information content (AvgIpc) is 2.37. The van der Waals surface area contributed by atoms with Crippen LogP contribution in [0.3, 0.4) is 0 Å². The molecule has 20 heavy (non-hydrogen) atoms. The zero-order valence-electron chi connectivity index (χ0n) is 13.2. The Balaban J connectivity index is 2.34. The summed E-state index contributed by atoms with van der Waals surface area (Å²) < 4.78 is 6.92. The maximum atomic E-state index is 5.83. The molecule has 0 saturated heterocycles. The van der Waals surface area contributed by atoms with Crippen LogP contribution in [0.15, 0.2) is 28.7 Å². The van der Waals surface area contributed by atoms with Crippen LogP contribution in [0, 0.1) is 11.8 Å². The lowest BCUT2D eigenvalue weighted by Crippen LogP contribution is -2.30. The van der Waals surface area contributed by atoms with E-state index in [-0.39, 0.29) is 0 Å². The highest BCUT2D eigenvalue weighted by Crippen LogP contribution is 2.18. The maximum Gasteiger partial charge on any atom is 0.119 e. The Kier molecular flexibility index (Phi) is 8.24. The van der Waals surface area contributed by atoms with Crippen LogP contribution in [0.4, 0.5) is 0 Å². The lowest BCUT2D eigenvalue weighted by Gasteiger charge is -2.21. The predicted octanol–water partition coefficient (Wildman–Crippen LogP) is 4.88. The van der Waals surface area contributed by atoms with Crippen LogP contribution < -0.4 is 10.1 Å². The minimum absolute atomic E-state index is 0.553. The monoisotopic (exact) mass is 341 g/mol. The summed E-state index contributed by atoms with van der Waals surface area (Å²) in [5, 5.41) is 3.55. The van der Waals surface area contributed by atoms with E-state index in [1.54, 1.807) is 0 Å². The number of ether oxygens (including phenoxy) is 1. The molecule has 0 saturated carbocycles. The van der Waals surface area contributed by atoms with Crippen molar-refractivity contribution in [1.82, 2.24) is 5.32 Å². The van der Waals surface area contributed by atoms with Gasteiger partial charge in [-0.05, 0) is 55.5 Å². The van der Waals surface area contributed by atoms with Crippen LogP contribution in [0.1, 0.15) is 40.5 Å². The number of halogens is 1. The Morgan fingerprint density at radius 3 is 2.30 bits per heavy atom. The first-order valence-corrected chi connectivity index (χ1v) is 8.38. The van der Waals surface area contributed by atoms with Gasteiger partial charge in [-0.25, -0.2) is 0 Å². The third kappa shape index (κ3) is 7.91. The van der Waals surface area contributed by atoms with Crippen molar-refractivity contribution in [3.05, 3.63) is 28.7 Å². The normalized spacial score (nSPS) is 12.9. The van der Waals surface area contributed by atoms with Crippen molar-refractivity contribution < 1.29 is 4.74 Å². The molecule has 0 fully saturated rings. The van der Waals surface area contributed by atoms with Crippen LogP contribution in [0.5, 0.6) is 5.75 Å². The maximum absolute atomic E-state index is 5.83. The van der Waals surface area contributed by atoms with Gasteiger partial charge in [0.05, 0.1) is 6.61 Å². The minimum Gasteiger partial charge on any atom is -0.494 e. The molecule has 3 heteroatoms. The Hall–Kier alpha value is -0.540. The summed E-state index contributed by atoms with van der Waals surface area (Å²) in [6.45, 7) is 10.9. The molecule has 0 bridgehead atoms. The van der Waals surface area contributed by atoms with E-state index in [9.17, 15) is 0 Å². The Morgan fingerprint density at radius 2 is 1.75 bits per heavy atom. The van der Waals surface area contributed by atoms with Gasteiger partial charge in [0.25, 0.3) is 0 Å². The molecule has 1 unspecified atom stereocenters. The van der Waals surface area contributed by atoms with Gasteiger partial charge in [0, 0.05) is 10.5 Å². The summed E-state index contributed by atoms with van der Waals surface area (Å²) in [6.07, 6.45) is 2.36. The molecule has 0 aliphatic heterocycles. The molecule has 0 amide bonds. The van der Waals surface area contributed by atoms with Gasteiger partial charge >= 0.3 is 0 Å². The predicted molar refractivity (Wildman–Crippen MR) is 90.3 cm³/mol. The zero-order chi connectivity index (χ0) is 15.0. The third-order valence-electron chi connectivity index (χ3n) is 3.23. The third-order valence-corrected chi connectivity index (χ3v) is 3.76. The van der Waals surface area contributed by atoms with Crippen molar-refractivity contribution in [2.45, 2.75) is 46.6 Å². The smallest absolute Gasteiger partial charge is 0.119 e. The molecule has 1 aromatic carbocycles. The molecule has 2 nitrogen and oxygen atoms in total. The van der Waals surface area contributed by atoms with E-state index in [1.807, 2.05) is 24.3 Å². The molecular weight excluding hydrogens is 314 g/mol. The average molecular weight is 342 g/mol. The molecule has 1 aromatic rings. The van der Waals surface area contributed by atoms with E-state index in [2.05, 4.69) is 48.9 Å². The van der Waals surface area contributed by atoms with Gasteiger partial charge in [0.1, 0.15) is 5.75 Å². The number of rotatable bonds is 9. The molecule has 1 atom stereocenters. The Morgan fingerprint density at radius 1 is 1.10 bits per heavy atom. The van der Waals surface area contributed by atoms with Crippen LogP contribution in [-0.2, 0) is 0 Å². The lowest BCUT2D eigenvalue weighted by atomic mass is 9.94. The van der Waals surface area contributed by atoms with Crippen LogP contribution in [0.25, 0.3) is 0 Å². The fraction of sp³-hybridized carbons (Fsp3) is 0.647. The molecule has 1 rings (SSSR count). The number of hydrogen-bond donors (Lipinski definition) is 1. The molecular formula is C17H28BrNO. The molecule has 0 aliphatic carbocycles. The summed E-state index contributed by atoms with van der Waals surface area (Å²) >= 11 is 3.43. The highest BCUT2D eigenvalue weighted by atomic mass is 79.9. The van der Waals surface area contributed by atoms with Gasteiger partial charge < -0.3 is 10.1 Å². The van der Waals surface area contributed by atoms with Gasteiger partial charge in [-0.2, -0.15) is 0 Å². The molecule has 1 N–H and O–H groups in total. The first-order valence-electron chi connectivity index (χ1n) is 7.59. The number of benzene rings is 1. The van der Waals surface area contributed by atoms with Crippen molar-refractivity contribution >= 4 is 15.9 Å². The van der Waals surface area contributed by atoms with Crippen molar-refractivity contribution in [2.75, 3.05) is 13.2 Å². The van der Waals surface area contributed by atoms with E-state index in [1.165, 1.54) is 6.42 Å². The van der Waals surface area contributed by atoms with Crippen molar-refractivity contribution in [2.24, 2.45) is 11.8 Å². The highest BCUT2D eigenvalue weighted by Gasteiger charge is 2.11. The fourth-order valence-electron chi connectivity index (χ4n) is 2.25. The first kappa shape index (κ1) is 17.5. The number of nitrogens with one attached hydrogen (secondary N) is 1. The Labute approximate surface area is 132 Å². The zero-order valence-corrected chi connectivity index (χ0v) is 14.7. The molecule has 0 radical (unpaired) electrons. The second kappa shape index (κ2) is 9.41. The quantitative estimate of drug-likeness (QED) is 0.691. The van der Waals surface area contributed by atoms with Crippen molar-refractivity contribution in [1.29, 1.82) is 0 Å². The summed E-state index contributed by atoms with van der Waals surface area (Å²) in [4.78, 5) is 0. The molecule has 0 heterocycles. The summed E-state index contributed by atoms with van der Waals surface area (Å²) in [5.74, 6) is 2.38. The molecule has 0 aliphatic rings. The standard InChI is InChI=1S/C17H28BrNO/c1-13(2)11-15(12-19-14(3)4)9-10-20-17-7-5-16(18)6-8-17/h5-8,13-15,19H,9-12H2,1-4H3. The van der Waals surface area contributed by atoms with Gasteiger partial charge in [-0.3, -0.25) is 0 Å². The summed E-state index contributed by atoms with van der Waals surface area (Å²) in [6, 6.07) is 8.60. The number of hydrogen-bond acceptors (Lipinski definition) is 2. The fourth-order valence-corrected chi connectivity index (χ4v) is 2.51. The van der Waals surface area contributed by atoms with E-state index in [4.69, 9.17) is 4.74 Å². The molecule has 0 spiro atoms. The van der Waals surface area contributed by atoms with Crippen molar-refractivity contribution in [3.8, 4) is 5.75 Å². The van der Waals surface area contributed by atoms with E-state index in [0.29, 0.717) is 12.0 Å². The van der Waals surface area contributed by atoms with Crippen LogP contribution in [0.2, 0.25) is 0 Å². The first-order chi connectivity index (χ1) is 9.47. The highest BCUT2D eigenvalue weighted by molar-refractivity contribution is 9.10. The minimum atomic E-state index is 0.553. The Bertz CT molecular complexity index is 362. The van der Waals surface area contributed by atoms with E-state index in [0.717, 1.165) is 35.7 Å². The SMILES string of the molecule is CC(C)CC(CCOc1ccc(Br)cc1)CNC(C)C. The summed E-state index contributed by atoms with van der Waals surface area (Å²) in [7, 11) is 0. The topological polar surface area (TPSA) is 21.3 Å². The van der Waals surface area contributed by atoms with Crippen LogP contribution >= 0.6 is 15.9 Å².